The van der Waals surface area contributed by atoms with Crippen LogP contribution in [-0.4, -0.2) is 12.1 Å². The smallest absolute Gasteiger partial charge is 0.133 e. The van der Waals surface area contributed by atoms with Gasteiger partial charge in [0.05, 0.1) is 10.6 Å². The second kappa shape index (κ2) is 6.70. The lowest BCUT2D eigenvalue weighted by Gasteiger charge is -2.32. The highest BCUT2D eigenvalue weighted by Crippen LogP contribution is 2.34. The number of hydrogen-bond donors (Lipinski definition) is 1. The van der Waals surface area contributed by atoms with Crippen molar-refractivity contribution in [3.8, 4) is 5.75 Å². The maximum Gasteiger partial charge on any atom is 0.133 e. The first-order valence-corrected chi connectivity index (χ1v) is 9.08. The van der Waals surface area contributed by atoms with E-state index in [9.17, 15) is 0 Å². The summed E-state index contributed by atoms with van der Waals surface area (Å²) in [6.07, 6.45) is 6.74. The van der Waals surface area contributed by atoms with Gasteiger partial charge in [-0.25, -0.2) is 0 Å². The third kappa shape index (κ3) is 4.46. The number of nitrogens with one attached hydrogen (secondary N) is 1. The topological polar surface area (TPSA) is 21.3 Å². The number of hydrogen-bond acceptors (Lipinski definition) is 2. The lowest BCUT2D eigenvalue weighted by Crippen LogP contribution is -2.28. The Bertz CT molecular complexity index is 476. The van der Waals surface area contributed by atoms with Crippen molar-refractivity contribution in [1.82, 2.24) is 5.32 Å². The molecule has 0 radical (unpaired) electrons. The monoisotopic (exact) mass is 351 g/mol. The summed E-state index contributed by atoms with van der Waals surface area (Å²) in [4.78, 5) is 0. The quantitative estimate of drug-likeness (QED) is 0.813. The highest BCUT2D eigenvalue weighted by molar-refractivity contribution is 9.10. The molecule has 0 aliphatic heterocycles. The SMILES string of the molecule is CC1CC(C)CC(Oc2ccc(CNC3CC3)cc2Br)C1. The molecule has 2 unspecified atom stereocenters. The van der Waals surface area contributed by atoms with E-state index in [0.29, 0.717) is 6.10 Å². The van der Waals surface area contributed by atoms with Crippen LogP contribution in [0.4, 0.5) is 0 Å². The van der Waals surface area contributed by atoms with Gasteiger partial charge in [0.1, 0.15) is 5.75 Å². The standard InChI is InChI=1S/C18H26BrNO/c1-12-7-13(2)9-16(8-12)21-18-6-3-14(10-17(18)19)11-20-15-4-5-15/h3,6,10,12-13,15-16,20H,4-5,7-9,11H2,1-2H3. The molecule has 0 aromatic heterocycles. The van der Waals surface area contributed by atoms with Crippen LogP contribution in [0.25, 0.3) is 0 Å². The molecule has 1 N–H and O–H groups in total. The molecular formula is C18H26BrNO. The second-order valence-electron chi connectivity index (χ2n) is 7.08. The fourth-order valence-electron chi connectivity index (χ4n) is 3.45. The minimum absolute atomic E-state index is 0.371. The van der Waals surface area contributed by atoms with Crippen molar-refractivity contribution < 1.29 is 4.74 Å². The van der Waals surface area contributed by atoms with Gasteiger partial charge in [0.15, 0.2) is 0 Å². The number of benzene rings is 1. The summed E-state index contributed by atoms with van der Waals surface area (Å²) in [6.45, 7) is 5.64. The molecule has 2 aliphatic carbocycles. The molecule has 0 spiro atoms. The summed E-state index contributed by atoms with van der Waals surface area (Å²) < 4.78 is 7.34. The zero-order valence-electron chi connectivity index (χ0n) is 13.1. The van der Waals surface area contributed by atoms with Crippen LogP contribution >= 0.6 is 15.9 Å². The maximum absolute atomic E-state index is 6.25. The van der Waals surface area contributed by atoms with E-state index in [-0.39, 0.29) is 0 Å². The van der Waals surface area contributed by atoms with E-state index >= 15 is 0 Å². The van der Waals surface area contributed by atoms with E-state index in [1.165, 1.54) is 37.7 Å². The second-order valence-corrected chi connectivity index (χ2v) is 7.93. The first kappa shape index (κ1) is 15.4. The molecule has 2 aliphatic rings. The Hall–Kier alpha value is -0.540. The van der Waals surface area contributed by atoms with Crippen LogP contribution in [0, 0.1) is 11.8 Å². The average molecular weight is 352 g/mol. The third-order valence-corrected chi connectivity index (χ3v) is 5.22. The first-order chi connectivity index (χ1) is 10.1. The summed E-state index contributed by atoms with van der Waals surface area (Å²) in [5.41, 5.74) is 1.33. The van der Waals surface area contributed by atoms with Crippen molar-refractivity contribution >= 4 is 15.9 Å². The Morgan fingerprint density at radius 2 is 1.86 bits per heavy atom. The van der Waals surface area contributed by atoms with E-state index in [0.717, 1.165) is 34.6 Å². The fraction of sp³-hybridized carbons (Fsp3) is 0.667. The zero-order valence-corrected chi connectivity index (χ0v) is 14.7. The van der Waals surface area contributed by atoms with Crippen LogP contribution in [-0.2, 0) is 6.54 Å². The van der Waals surface area contributed by atoms with Gasteiger partial charge in [0.25, 0.3) is 0 Å². The van der Waals surface area contributed by atoms with Gasteiger partial charge in [-0.3, -0.25) is 0 Å². The maximum atomic E-state index is 6.25. The molecule has 116 valence electrons. The normalized spacial score (nSPS) is 29.4. The lowest BCUT2D eigenvalue weighted by atomic mass is 9.82. The summed E-state index contributed by atoms with van der Waals surface area (Å²) in [7, 11) is 0. The average Bonchev–Trinajstić information content (AvgIpc) is 3.22. The van der Waals surface area contributed by atoms with Crippen molar-refractivity contribution in [1.29, 1.82) is 0 Å². The van der Waals surface area contributed by atoms with E-state index in [1.54, 1.807) is 0 Å². The molecule has 3 rings (SSSR count). The summed E-state index contributed by atoms with van der Waals surface area (Å²) >= 11 is 3.67. The van der Waals surface area contributed by atoms with Gasteiger partial charge in [-0.1, -0.05) is 19.9 Å². The van der Waals surface area contributed by atoms with Gasteiger partial charge >= 0.3 is 0 Å². The molecule has 0 amide bonds. The van der Waals surface area contributed by atoms with Crippen LogP contribution in [0.1, 0.15) is 51.5 Å². The predicted octanol–water partition coefficient (Wildman–Crippen LogP) is 4.90. The molecule has 1 aromatic rings. The van der Waals surface area contributed by atoms with E-state index in [4.69, 9.17) is 4.74 Å². The molecule has 0 saturated heterocycles. The summed E-state index contributed by atoms with van der Waals surface area (Å²) in [5, 5.41) is 3.55. The molecule has 2 nitrogen and oxygen atoms in total. The fourth-order valence-corrected chi connectivity index (χ4v) is 3.97. The molecule has 2 saturated carbocycles. The van der Waals surface area contributed by atoms with Gasteiger partial charge in [-0.15, -0.1) is 0 Å². The lowest BCUT2D eigenvalue weighted by molar-refractivity contribution is 0.100. The Morgan fingerprint density at radius 3 is 2.48 bits per heavy atom. The molecular weight excluding hydrogens is 326 g/mol. The highest BCUT2D eigenvalue weighted by Gasteiger charge is 2.25. The predicted molar refractivity (Wildman–Crippen MR) is 90.6 cm³/mol. The van der Waals surface area contributed by atoms with Crippen LogP contribution in [0.5, 0.6) is 5.75 Å². The minimum Gasteiger partial charge on any atom is -0.489 e. The number of rotatable bonds is 5. The Kier molecular flexibility index (Phi) is 4.90. The van der Waals surface area contributed by atoms with Crippen molar-refractivity contribution in [2.75, 3.05) is 0 Å². The van der Waals surface area contributed by atoms with Crippen molar-refractivity contribution in [3.63, 3.8) is 0 Å². The summed E-state index contributed by atoms with van der Waals surface area (Å²) in [6, 6.07) is 7.26. The van der Waals surface area contributed by atoms with Crippen molar-refractivity contribution in [2.24, 2.45) is 11.8 Å². The number of halogens is 1. The molecule has 3 heteroatoms. The van der Waals surface area contributed by atoms with E-state index in [1.807, 2.05) is 0 Å². The van der Waals surface area contributed by atoms with Gasteiger partial charge in [0, 0.05) is 12.6 Å². The molecule has 2 atom stereocenters. The molecule has 2 fully saturated rings. The van der Waals surface area contributed by atoms with Gasteiger partial charge < -0.3 is 10.1 Å². The highest BCUT2D eigenvalue weighted by atomic mass is 79.9. The molecule has 0 bridgehead atoms. The minimum atomic E-state index is 0.371. The van der Waals surface area contributed by atoms with Gasteiger partial charge in [-0.05, 0) is 77.6 Å². The van der Waals surface area contributed by atoms with Crippen LogP contribution in [0.15, 0.2) is 22.7 Å². The molecule has 1 aromatic carbocycles. The first-order valence-electron chi connectivity index (χ1n) is 8.28. The van der Waals surface area contributed by atoms with Gasteiger partial charge in [0.2, 0.25) is 0 Å². The van der Waals surface area contributed by atoms with Gasteiger partial charge in [-0.2, -0.15) is 0 Å². The Labute approximate surface area is 136 Å². The Balaban J connectivity index is 1.59. The van der Waals surface area contributed by atoms with E-state index in [2.05, 4.69) is 53.3 Å². The van der Waals surface area contributed by atoms with Crippen LogP contribution < -0.4 is 10.1 Å². The van der Waals surface area contributed by atoms with Crippen LogP contribution in [0.2, 0.25) is 0 Å². The largest absolute Gasteiger partial charge is 0.489 e. The third-order valence-electron chi connectivity index (χ3n) is 4.60. The van der Waals surface area contributed by atoms with Crippen molar-refractivity contribution in [2.45, 2.75) is 64.6 Å². The Morgan fingerprint density at radius 1 is 1.14 bits per heavy atom. The van der Waals surface area contributed by atoms with Crippen molar-refractivity contribution in [3.05, 3.63) is 28.2 Å². The van der Waals surface area contributed by atoms with E-state index < -0.39 is 0 Å². The summed E-state index contributed by atoms with van der Waals surface area (Å²) in [5.74, 6) is 2.55. The molecule has 0 heterocycles. The molecule has 21 heavy (non-hydrogen) atoms. The number of ether oxygens (including phenoxy) is 1. The zero-order chi connectivity index (χ0) is 14.8. The van der Waals surface area contributed by atoms with Crippen LogP contribution in [0.3, 0.4) is 0 Å².